The molecule has 5 nitrogen and oxygen atoms in total. The van der Waals surface area contributed by atoms with Gasteiger partial charge in [-0.05, 0) is 25.1 Å². The molecule has 0 N–H and O–H groups in total. The lowest BCUT2D eigenvalue weighted by Gasteiger charge is -2.08. The lowest BCUT2D eigenvalue weighted by Crippen LogP contribution is -2.14. The van der Waals surface area contributed by atoms with Crippen LogP contribution in [0.15, 0.2) is 23.1 Å². The largest absolute Gasteiger partial charge is 0.444 e. The van der Waals surface area contributed by atoms with Gasteiger partial charge in [0.15, 0.2) is 15.9 Å². The second kappa shape index (κ2) is 5.38. The molecule has 0 saturated heterocycles. The van der Waals surface area contributed by atoms with Crippen LogP contribution in [0.4, 0.5) is 0 Å². The molecule has 0 fully saturated rings. The minimum Gasteiger partial charge on any atom is -0.444 e. The van der Waals surface area contributed by atoms with Crippen molar-refractivity contribution >= 4 is 27.4 Å². The van der Waals surface area contributed by atoms with Crippen LogP contribution in [0, 0.1) is 11.3 Å². The number of benzene rings is 1. The number of nitriles is 1. The van der Waals surface area contributed by atoms with Gasteiger partial charge < -0.3 is 4.74 Å². The predicted molar refractivity (Wildman–Crippen MR) is 65.1 cm³/mol. The molecule has 0 aliphatic rings. The first-order valence-electron chi connectivity index (χ1n) is 4.86. The van der Waals surface area contributed by atoms with Crippen molar-refractivity contribution in [2.24, 2.45) is 0 Å². The van der Waals surface area contributed by atoms with E-state index in [0.29, 0.717) is 0 Å². The molecule has 1 aromatic rings. The normalized spacial score (nSPS) is 12.6. The van der Waals surface area contributed by atoms with E-state index in [1.54, 1.807) is 6.07 Å². The number of halogens is 1. The fourth-order valence-corrected chi connectivity index (χ4v) is 1.98. The molecular formula is C11H10ClNO4S. The highest BCUT2D eigenvalue weighted by molar-refractivity contribution is 7.90. The van der Waals surface area contributed by atoms with Crippen molar-refractivity contribution in [2.45, 2.75) is 17.9 Å². The van der Waals surface area contributed by atoms with Crippen molar-refractivity contribution in [2.75, 3.05) is 6.26 Å². The van der Waals surface area contributed by atoms with Crippen LogP contribution < -0.4 is 0 Å². The fourth-order valence-electron chi connectivity index (χ4n) is 1.14. The molecule has 0 spiro atoms. The van der Waals surface area contributed by atoms with Gasteiger partial charge in [0.25, 0.3) is 0 Å². The maximum atomic E-state index is 11.7. The lowest BCUT2D eigenvalue weighted by molar-refractivity contribution is 0.0435. The highest BCUT2D eigenvalue weighted by Crippen LogP contribution is 2.21. The first kappa shape index (κ1) is 14.5. The summed E-state index contributed by atoms with van der Waals surface area (Å²) in [4.78, 5) is 11.6. The van der Waals surface area contributed by atoms with Crippen molar-refractivity contribution in [3.8, 4) is 6.07 Å². The standard InChI is InChI=1S/C11H10ClNO4S/c1-7(6-13)17-11(14)9-5-8(18(2,15)16)3-4-10(9)12/h3-5,7H,1-2H3. The van der Waals surface area contributed by atoms with Gasteiger partial charge >= 0.3 is 5.97 Å². The molecule has 1 aromatic carbocycles. The summed E-state index contributed by atoms with van der Waals surface area (Å²) < 4.78 is 27.5. The molecule has 0 heterocycles. The molecule has 0 bridgehead atoms. The molecule has 7 heteroatoms. The minimum absolute atomic E-state index is 0.0385. The molecule has 0 saturated carbocycles. The summed E-state index contributed by atoms with van der Waals surface area (Å²) in [6.07, 6.45) is 0.0824. The van der Waals surface area contributed by atoms with Gasteiger partial charge in [-0.3, -0.25) is 0 Å². The lowest BCUT2D eigenvalue weighted by atomic mass is 10.2. The molecule has 0 aliphatic heterocycles. The Morgan fingerprint density at radius 2 is 2.11 bits per heavy atom. The number of hydrogen-bond donors (Lipinski definition) is 0. The number of sulfone groups is 1. The maximum absolute atomic E-state index is 11.7. The zero-order chi connectivity index (χ0) is 13.9. The number of esters is 1. The van der Waals surface area contributed by atoms with E-state index in [0.717, 1.165) is 12.3 Å². The average Bonchev–Trinajstić information content (AvgIpc) is 2.27. The summed E-state index contributed by atoms with van der Waals surface area (Å²) in [5.41, 5.74) is -0.0818. The molecule has 96 valence electrons. The van der Waals surface area contributed by atoms with Crippen LogP contribution in [0.1, 0.15) is 17.3 Å². The molecule has 0 amide bonds. The molecule has 0 radical (unpaired) electrons. The van der Waals surface area contributed by atoms with Crippen LogP contribution in [0.2, 0.25) is 5.02 Å². The van der Waals surface area contributed by atoms with Gasteiger partial charge in [0.2, 0.25) is 0 Å². The smallest absolute Gasteiger partial charge is 0.340 e. The van der Waals surface area contributed by atoms with Crippen molar-refractivity contribution in [3.05, 3.63) is 28.8 Å². The first-order chi connectivity index (χ1) is 8.25. The van der Waals surface area contributed by atoms with E-state index in [1.165, 1.54) is 19.1 Å². The Hall–Kier alpha value is -1.58. The SMILES string of the molecule is CC(C#N)OC(=O)c1cc(S(C)(=O)=O)ccc1Cl. The Labute approximate surface area is 110 Å². The quantitative estimate of drug-likeness (QED) is 0.792. The third kappa shape index (κ3) is 3.45. The number of carbonyl (C=O) groups is 1. The number of nitrogens with zero attached hydrogens (tertiary/aromatic N) is 1. The van der Waals surface area contributed by atoms with Gasteiger partial charge in [-0.2, -0.15) is 5.26 Å². The predicted octanol–water partition coefficient (Wildman–Crippen LogP) is 1.81. The summed E-state index contributed by atoms with van der Waals surface area (Å²) in [6.45, 7) is 1.40. The average molecular weight is 288 g/mol. The van der Waals surface area contributed by atoms with Crippen LogP contribution in [0.25, 0.3) is 0 Å². The van der Waals surface area contributed by atoms with E-state index in [2.05, 4.69) is 0 Å². The first-order valence-corrected chi connectivity index (χ1v) is 7.13. The highest BCUT2D eigenvalue weighted by Gasteiger charge is 2.18. The Balaban J connectivity index is 3.17. The van der Waals surface area contributed by atoms with Gasteiger partial charge in [-0.1, -0.05) is 11.6 Å². The third-order valence-electron chi connectivity index (χ3n) is 2.05. The topological polar surface area (TPSA) is 84.2 Å². The Kier molecular flexibility index (Phi) is 4.33. The zero-order valence-electron chi connectivity index (χ0n) is 9.68. The Morgan fingerprint density at radius 3 is 2.61 bits per heavy atom. The van der Waals surface area contributed by atoms with Crippen LogP contribution in [0.3, 0.4) is 0 Å². The van der Waals surface area contributed by atoms with Crippen molar-refractivity contribution < 1.29 is 17.9 Å². The molecule has 18 heavy (non-hydrogen) atoms. The number of rotatable bonds is 3. The summed E-state index contributed by atoms with van der Waals surface area (Å²) in [5.74, 6) is -0.834. The van der Waals surface area contributed by atoms with Gasteiger partial charge in [-0.15, -0.1) is 0 Å². The van der Waals surface area contributed by atoms with Gasteiger partial charge in [0.1, 0.15) is 6.07 Å². The minimum atomic E-state index is -3.44. The summed E-state index contributed by atoms with van der Waals surface area (Å²) in [7, 11) is -3.44. The van der Waals surface area contributed by atoms with Crippen molar-refractivity contribution in [3.63, 3.8) is 0 Å². The van der Waals surface area contributed by atoms with E-state index in [4.69, 9.17) is 21.6 Å². The molecule has 1 unspecified atom stereocenters. The van der Waals surface area contributed by atoms with E-state index >= 15 is 0 Å². The van der Waals surface area contributed by atoms with Gasteiger partial charge in [-0.25, -0.2) is 13.2 Å². The van der Waals surface area contributed by atoms with Crippen molar-refractivity contribution in [1.82, 2.24) is 0 Å². The second-order valence-electron chi connectivity index (χ2n) is 3.59. The molecule has 1 rings (SSSR count). The zero-order valence-corrected chi connectivity index (χ0v) is 11.2. The maximum Gasteiger partial charge on any atom is 0.340 e. The van der Waals surface area contributed by atoms with Crippen molar-refractivity contribution in [1.29, 1.82) is 5.26 Å². The number of carbonyl (C=O) groups excluding carboxylic acids is 1. The molecule has 1 atom stereocenters. The third-order valence-corrected chi connectivity index (χ3v) is 3.49. The van der Waals surface area contributed by atoms with Crippen LogP contribution in [-0.2, 0) is 14.6 Å². The van der Waals surface area contributed by atoms with E-state index in [9.17, 15) is 13.2 Å². The second-order valence-corrected chi connectivity index (χ2v) is 6.01. The highest BCUT2D eigenvalue weighted by atomic mass is 35.5. The fraction of sp³-hybridized carbons (Fsp3) is 0.273. The van der Waals surface area contributed by atoms with Crippen LogP contribution >= 0.6 is 11.6 Å². The Bertz CT molecular complexity index is 618. The number of hydrogen-bond acceptors (Lipinski definition) is 5. The van der Waals surface area contributed by atoms with Gasteiger partial charge in [0, 0.05) is 6.26 Å². The van der Waals surface area contributed by atoms with Crippen LogP contribution in [0.5, 0.6) is 0 Å². The van der Waals surface area contributed by atoms with E-state index < -0.39 is 21.9 Å². The summed E-state index contributed by atoms with van der Waals surface area (Å²) >= 11 is 5.79. The van der Waals surface area contributed by atoms with Crippen LogP contribution in [-0.4, -0.2) is 26.7 Å². The molecule has 0 aromatic heterocycles. The van der Waals surface area contributed by atoms with E-state index in [1.807, 2.05) is 0 Å². The number of ether oxygens (including phenoxy) is 1. The summed E-state index contributed by atoms with van der Waals surface area (Å²) in [6, 6.07) is 5.45. The summed E-state index contributed by atoms with van der Waals surface area (Å²) in [5, 5.41) is 8.59. The monoisotopic (exact) mass is 287 g/mol. The van der Waals surface area contributed by atoms with Gasteiger partial charge in [0.05, 0.1) is 15.5 Å². The Morgan fingerprint density at radius 1 is 1.50 bits per heavy atom. The van der Waals surface area contributed by atoms with E-state index in [-0.39, 0.29) is 15.5 Å². The molecule has 0 aliphatic carbocycles. The molecular weight excluding hydrogens is 278 g/mol.